The zero-order chi connectivity index (χ0) is 14.8. The Morgan fingerprint density at radius 3 is 2.60 bits per heavy atom. The summed E-state index contributed by atoms with van der Waals surface area (Å²) in [5.41, 5.74) is 0. The molecule has 4 nitrogen and oxygen atoms in total. The molecule has 1 fully saturated rings. The predicted octanol–water partition coefficient (Wildman–Crippen LogP) is 2.02. The average molecular weight is 286 g/mol. The van der Waals surface area contributed by atoms with Gasteiger partial charge in [0.2, 0.25) is 0 Å². The monoisotopic (exact) mass is 286 g/mol. The Kier molecular flexibility index (Phi) is 9.44. The number of hydrogen-bond donors (Lipinski definition) is 2. The average Bonchev–Trinajstić information content (AvgIpc) is 2.45. The Bertz CT molecular complexity index is 231. The molecule has 0 aromatic rings. The molecule has 0 amide bonds. The van der Waals surface area contributed by atoms with Gasteiger partial charge in [0, 0.05) is 12.6 Å². The molecule has 0 aliphatic heterocycles. The highest BCUT2D eigenvalue weighted by atomic mass is 16.5. The first kappa shape index (κ1) is 17.9. The van der Waals surface area contributed by atoms with Gasteiger partial charge in [0.1, 0.15) is 0 Å². The Morgan fingerprint density at radius 2 is 1.95 bits per heavy atom. The van der Waals surface area contributed by atoms with E-state index < -0.39 is 6.10 Å². The maximum absolute atomic E-state index is 9.71. The summed E-state index contributed by atoms with van der Waals surface area (Å²) in [6.07, 6.45) is 7.89. The number of aliphatic hydroxyl groups excluding tert-OH is 1. The van der Waals surface area contributed by atoms with Crippen LogP contribution in [0, 0.1) is 0 Å². The number of nitrogens with one attached hydrogen (secondary N) is 1. The highest BCUT2D eigenvalue weighted by molar-refractivity contribution is 4.73. The topological polar surface area (TPSA) is 44.7 Å². The Balaban J connectivity index is 1.95. The van der Waals surface area contributed by atoms with E-state index in [1.807, 2.05) is 13.8 Å². The van der Waals surface area contributed by atoms with E-state index in [0.717, 1.165) is 25.6 Å². The molecule has 120 valence electrons. The third kappa shape index (κ3) is 8.20. The number of hydrogen-bond acceptors (Lipinski definition) is 4. The minimum absolute atomic E-state index is 0.189. The second kappa shape index (κ2) is 10.6. The zero-order valence-corrected chi connectivity index (χ0v) is 13.6. The molecule has 0 aromatic carbocycles. The van der Waals surface area contributed by atoms with Gasteiger partial charge in [-0.25, -0.2) is 0 Å². The van der Waals surface area contributed by atoms with Gasteiger partial charge in [-0.05, 0) is 53.2 Å². The Hall–Kier alpha value is -0.160. The van der Waals surface area contributed by atoms with Crippen molar-refractivity contribution in [3.63, 3.8) is 0 Å². The first-order chi connectivity index (χ1) is 9.59. The van der Waals surface area contributed by atoms with Gasteiger partial charge in [-0.1, -0.05) is 19.3 Å². The van der Waals surface area contributed by atoms with Crippen LogP contribution in [0.2, 0.25) is 0 Å². The second-order valence-electron chi connectivity index (χ2n) is 6.37. The maximum Gasteiger partial charge on any atom is 0.0897 e. The normalized spacial score (nSPS) is 18.9. The van der Waals surface area contributed by atoms with Crippen LogP contribution in [-0.4, -0.2) is 61.5 Å². The summed E-state index contributed by atoms with van der Waals surface area (Å²) in [6, 6.07) is 0.800. The standard InChI is InChI=1S/C16H34N2O2/c1-14(2)20-13-16(19)12-17-10-7-11-18(3)15-8-5-4-6-9-15/h14-17,19H,4-13H2,1-3H3. The minimum Gasteiger partial charge on any atom is -0.389 e. The Morgan fingerprint density at radius 1 is 1.25 bits per heavy atom. The summed E-state index contributed by atoms with van der Waals surface area (Å²) in [5.74, 6) is 0. The lowest BCUT2D eigenvalue weighted by Gasteiger charge is -2.31. The predicted molar refractivity (Wildman–Crippen MR) is 84.1 cm³/mol. The summed E-state index contributed by atoms with van der Waals surface area (Å²) in [4.78, 5) is 2.51. The number of aliphatic hydroxyl groups is 1. The quantitative estimate of drug-likeness (QED) is 0.603. The first-order valence-electron chi connectivity index (χ1n) is 8.30. The van der Waals surface area contributed by atoms with E-state index in [1.54, 1.807) is 0 Å². The van der Waals surface area contributed by atoms with E-state index in [2.05, 4.69) is 17.3 Å². The van der Waals surface area contributed by atoms with Crippen molar-refractivity contribution in [3.8, 4) is 0 Å². The summed E-state index contributed by atoms with van der Waals surface area (Å²) in [6.45, 7) is 7.14. The zero-order valence-electron chi connectivity index (χ0n) is 13.6. The summed E-state index contributed by atoms with van der Waals surface area (Å²) in [5, 5.41) is 13.0. The molecule has 0 bridgehead atoms. The van der Waals surface area contributed by atoms with Gasteiger partial charge >= 0.3 is 0 Å². The van der Waals surface area contributed by atoms with Crippen molar-refractivity contribution in [2.24, 2.45) is 0 Å². The molecule has 20 heavy (non-hydrogen) atoms. The first-order valence-corrected chi connectivity index (χ1v) is 8.30. The highest BCUT2D eigenvalue weighted by Gasteiger charge is 2.17. The van der Waals surface area contributed by atoms with Gasteiger partial charge in [0.25, 0.3) is 0 Å². The molecule has 1 unspecified atom stereocenters. The number of nitrogens with zero attached hydrogens (tertiary/aromatic N) is 1. The molecule has 0 aromatic heterocycles. The van der Waals surface area contributed by atoms with Crippen LogP contribution in [0.3, 0.4) is 0 Å². The van der Waals surface area contributed by atoms with Crippen LogP contribution < -0.4 is 5.32 Å². The van der Waals surface area contributed by atoms with Gasteiger partial charge in [-0.15, -0.1) is 0 Å². The van der Waals surface area contributed by atoms with Crippen molar-refractivity contribution in [1.29, 1.82) is 0 Å². The lowest BCUT2D eigenvalue weighted by atomic mass is 9.94. The molecule has 0 heterocycles. The molecule has 4 heteroatoms. The fraction of sp³-hybridized carbons (Fsp3) is 1.00. The van der Waals surface area contributed by atoms with Gasteiger partial charge in [-0.2, -0.15) is 0 Å². The molecule has 2 N–H and O–H groups in total. The fourth-order valence-corrected chi connectivity index (χ4v) is 2.79. The summed E-state index contributed by atoms with van der Waals surface area (Å²) in [7, 11) is 2.25. The van der Waals surface area contributed by atoms with Crippen LogP contribution in [0.5, 0.6) is 0 Å². The van der Waals surface area contributed by atoms with Gasteiger partial charge in [0.15, 0.2) is 0 Å². The van der Waals surface area contributed by atoms with Crippen LogP contribution in [0.15, 0.2) is 0 Å². The van der Waals surface area contributed by atoms with E-state index in [9.17, 15) is 5.11 Å². The smallest absolute Gasteiger partial charge is 0.0897 e. The third-order valence-corrected chi connectivity index (χ3v) is 4.06. The number of rotatable bonds is 10. The van der Waals surface area contributed by atoms with Crippen molar-refractivity contribution in [1.82, 2.24) is 10.2 Å². The van der Waals surface area contributed by atoms with Crippen LogP contribution in [0.4, 0.5) is 0 Å². The van der Waals surface area contributed by atoms with Crippen LogP contribution in [0.25, 0.3) is 0 Å². The largest absolute Gasteiger partial charge is 0.389 e. The Labute approximate surface area is 124 Å². The van der Waals surface area contributed by atoms with Crippen LogP contribution in [-0.2, 0) is 4.74 Å². The fourth-order valence-electron chi connectivity index (χ4n) is 2.79. The molecular formula is C16H34N2O2. The van der Waals surface area contributed by atoms with Crippen LogP contribution >= 0.6 is 0 Å². The summed E-state index contributed by atoms with van der Waals surface area (Å²) < 4.78 is 5.38. The molecule has 1 saturated carbocycles. The van der Waals surface area contributed by atoms with E-state index in [0.29, 0.717) is 13.2 Å². The van der Waals surface area contributed by atoms with Crippen LogP contribution in [0.1, 0.15) is 52.4 Å². The van der Waals surface area contributed by atoms with Gasteiger partial charge in [-0.3, -0.25) is 0 Å². The molecule has 1 rings (SSSR count). The molecule has 0 spiro atoms. The van der Waals surface area contributed by atoms with E-state index in [-0.39, 0.29) is 6.10 Å². The van der Waals surface area contributed by atoms with Crippen molar-refractivity contribution in [2.75, 3.05) is 33.3 Å². The lowest BCUT2D eigenvalue weighted by molar-refractivity contribution is 0.00640. The molecular weight excluding hydrogens is 252 g/mol. The maximum atomic E-state index is 9.71. The lowest BCUT2D eigenvalue weighted by Crippen LogP contribution is -2.36. The summed E-state index contributed by atoms with van der Waals surface area (Å²) >= 11 is 0. The van der Waals surface area contributed by atoms with E-state index in [1.165, 1.54) is 32.1 Å². The molecule has 1 atom stereocenters. The molecule has 0 saturated heterocycles. The van der Waals surface area contributed by atoms with E-state index in [4.69, 9.17) is 4.74 Å². The van der Waals surface area contributed by atoms with Crippen molar-refractivity contribution in [3.05, 3.63) is 0 Å². The van der Waals surface area contributed by atoms with Crippen molar-refractivity contribution >= 4 is 0 Å². The molecule has 1 aliphatic carbocycles. The SMILES string of the molecule is CC(C)OCC(O)CNCCCN(C)C1CCCCC1. The van der Waals surface area contributed by atoms with E-state index >= 15 is 0 Å². The van der Waals surface area contributed by atoms with Gasteiger partial charge < -0.3 is 20.1 Å². The third-order valence-electron chi connectivity index (χ3n) is 4.06. The van der Waals surface area contributed by atoms with Gasteiger partial charge in [0.05, 0.1) is 18.8 Å². The highest BCUT2D eigenvalue weighted by Crippen LogP contribution is 2.21. The van der Waals surface area contributed by atoms with Crippen molar-refractivity contribution in [2.45, 2.75) is 70.6 Å². The number of ether oxygens (including phenoxy) is 1. The van der Waals surface area contributed by atoms with Crippen molar-refractivity contribution < 1.29 is 9.84 Å². The second-order valence-corrected chi connectivity index (χ2v) is 6.37. The molecule has 1 aliphatic rings. The molecule has 0 radical (unpaired) electrons. The minimum atomic E-state index is -0.395.